The Morgan fingerprint density at radius 1 is 0.566 bits per heavy atom. The summed E-state index contributed by atoms with van der Waals surface area (Å²) in [6.07, 6.45) is 6.42. The van der Waals surface area contributed by atoms with Gasteiger partial charge in [0.25, 0.3) is 0 Å². The number of ether oxygens (including phenoxy) is 2. The van der Waals surface area contributed by atoms with Crippen LogP contribution in [-0.2, 0) is 49.8 Å². The summed E-state index contributed by atoms with van der Waals surface area (Å²) < 4.78 is 10.2. The number of Topliss-reactive ketones (excluding diaryl/α,β-unsaturated/α-hetero) is 1. The fraction of sp³-hybridized carbons (Fsp3) is 0.426. The summed E-state index contributed by atoms with van der Waals surface area (Å²) in [5.41, 5.74) is 5.51. The Labute approximate surface area is 317 Å². The van der Waals surface area contributed by atoms with Crippen LogP contribution in [-0.4, -0.2) is 41.9 Å². The van der Waals surface area contributed by atoms with Crippen LogP contribution in [0, 0.1) is 23.7 Å². The number of rotatable bonds is 13. The molecule has 2 saturated carbocycles. The molecule has 6 rings (SSSR count). The molecule has 2 aliphatic carbocycles. The van der Waals surface area contributed by atoms with Gasteiger partial charge in [0, 0.05) is 32.0 Å². The Hall–Kier alpha value is -4.55. The molecular formula is C47H59NO5. The largest absolute Gasteiger partial charge is 0.466 e. The van der Waals surface area contributed by atoms with Gasteiger partial charge in [0.2, 0.25) is 0 Å². The first kappa shape index (κ1) is 41.2. The maximum atomic E-state index is 12.3. The van der Waals surface area contributed by atoms with Gasteiger partial charge < -0.3 is 9.47 Å². The highest BCUT2D eigenvalue weighted by molar-refractivity contribution is 5.88. The van der Waals surface area contributed by atoms with Crippen LogP contribution < -0.4 is 0 Å². The lowest BCUT2D eigenvalue weighted by Gasteiger charge is -2.29. The zero-order valence-corrected chi connectivity index (χ0v) is 32.2. The topological polar surface area (TPSA) is 72.9 Å². The molecule has 0 amide bonds. The highest BCUT2D eigenvalue weighted by atomic mass is 16.5. The van der Waals surface area contributed by atoms with Crippen LogP contribution in [0.15, 0.2) is 121 Å². The van der Waals surface area contributed by atoms with Crippen LogP contribution in [0.25, 0.3) is 0 Å². The van der Waals surface area contributed by atoms with Gasteiger partial charge in [-0.3, -0.25) is 19.3 Å². The number of esters is 2. The third kappa shape index (κ3) is 14.1. The molecule has 0 bridgehead atoms. The molecule has 0 spiro atoms. The number of ketones is 1. The molecule has 4 aromatic rings. The molecule has 53 heavy (non-hydrogen) atoms. The van der Waals surface area contributed by atoms with Crippen molar-refractivity contribution < 1.29 is 23.9 Å². The molecule has 6 heteroatoms. The Kier molecular flexibility index (Phi) is 17.5. The van der Waals surface area contributed by atoms with Crippen LogP contribution in [0.3, 0.4) is 0 Å². The summed E-state index contributed by atoms with van der Waals surface area (Å²) in [6.45, 7) is 10.4. The third-order valence-electron chi connectivity index (χ3n) is 10.3. The second-order valence-corrected chi connectivity index (χ2v) is 14.4. The first-order valence-electron chi connectivity index (χ1n) is 19.5. The second kappa shape index (κ2) is 22.5. The zero-order valence-electron chi connectivity index (χ0n) is 32.2. The molecule has 0 aromatic heterocycles. The summed E-state index contributed by atoms with van der Waals surface area (Å²) >= 11 is 0. The molecule has 0 aliphatic heterocycles. The zero-order chi connectivity index (χ0) is 37.8. The van der Waals surface area contributed by atoms with Crippen molar-refractivity contribution in [1.82, 2.24) is 4.90 Å². The summed E-state index contributed by atoms with van der Waals surface area (Å²) in [7, 11) is 0. The predicted octanol–water partition coefficient (Wildman–Crippen LogP) is 9.69. The maximum Gasteiger partial charge on any atom is 0.309 e. The highest BCUT2D eigenvalue weighted by Gasteiger charge is 2.39. The lowest BCUT2D eigenvalue weighted by atomic mass is 9.99. The summed E-state index contributed by atoms with van der Waals surface area (Å²) in [4.78, 5) is 37.0. The number of nitrogens with zero attached hydrogens (tertiary/aromatic N) is 1. The van der Waals surface area contributed by atoms with Crippen molar-refractivity contribution in [3.8, 4) is 0 Å². The van der Waals surface area contributed by atoms with Crippen molar-refractivity contribution >= 4 is 17.7 Å². The standard InChI is InChI=1S/C23H29NO2.C15H16.C9H14O3/c1-3-26-23(25)22-15-21(14-18(22)2)24(16-19-10-6-4-7-11-19)17-20-12-8-5-9-13-20;1-3-8-14(9-4-1)12-7-13-15-10-5-2-6-11-15;1-3-12-9(11)8-5-7(10)4-6(8)2/h4-13,18,21-22H,3,14-17H2,1-2H3;1-6,8-11H,7,12-13H2;6,8H,3-5H2,1-2H3. The minimum Gasteiger partial charge on any atom is -0.466 e. The molecule has 0 heterocycles. The molecular weight excluding hydrogens is 659 g/mol. The predicted molar refractivity (Wildman–Crippen MR) is 213 cm³/mol. The van der Waals surface area contributed by atoms with Gasteiger partial charge in [0.1, 0.15) is 5.78 Å². The van der Waals surface area contributed by atoms with Crippen LogP contribution in [0.1, 0.15) is 82.1 Å². The van der Waals surface area contributed by atoms with Crippen LogP contribution >= 0.6 is 0 Å². The van der Waals surface area contributed by atoms with Gasteiger partial charge in [-0.05, 0) is 80.0 Å². The van der Waals surface area contributed by atoms with E-state index in [9.17, 15) is 14.4 Å². The molecule has 282 valence electrons. The molecule has 5 atom stereocenters. The van der Waals surface area contributed by atoms with E-state index in [1.54, 1.807) is 6.92 Å². The van der Waals surface area contributed by atoms with Gasteiger partial charge >= 0.3 is 11.9 Å². The number of aryl methyl sites for hydroxylation is 2. The lowest BCUT2D eigenvalue weighted by Crippen LogP contribution is -2.33. The van der Waals surface area contributed by atoms with Gasteiger partial charge in [-0.1, -0.05) is 135 Å². The number of carbonyl (C=O) groups is 3. The van der Waals surface area contributed by atoms with E-state index in [1.807, 2.05) is 13.8 Å². The van der Waals surface area contributed by atoms with E-state index in [4.69, 9.17) is 9.47 Å². The van der Waals surface area contributed by atoms with E-state index in [0.717, 1.165) is 25.9 Å². The number of hydrogen-bond donors (Lipinski definition) is 0. The Morgan fingerprint density at radius 2 is 0.981 bits per heavy atom. The van der Waals surface area contributed by atoms with Crippen molar-refractivity contribution in [3.05, 3.63) is 144 Å². The van der Waals surface area contributed by atoms with Gasteiger partial charge in [-0.25, -0.2) is 0 Å². The van der Waals surface area contributed by atoms with Crippen LogP contribution in [0.4, 0.5) is 0 Å². The van der Waals surface area contributed by atoms with Crippen LogP contribution in [0.2, 0.25) is 0 Å². The van der Waals surface area contributed by atoms with Crippen molar-refractivity contribution in [2.45, 2.75) is 91.8 Å². The normalized spacial score (nSPS) is 20.5. The fourth-order valence-electron chi connectivity index (χ4n) is 7.42. The molecule has 2 fully saturated rings. The highest BCUT2D eigenvalue weighted by Crippen LogP contribution is 2.37. The van der Waals surface area contributed by atoms with Gasteiger partial charge in [-0.2, -0.15) is 0 Å². The molecule has 5 unspecified atom stereocenters. The minimum atomic E-state index is -0.212. The minimum absolute atomic E-state index is 0.0222. The van der Waals surface area contributed by atoms with Crippen LogP contribution in [0.5, 0.6) is 0 Å². The van der Waals surface area contributed by atoms with Gasteiger partial charge in [0.05, 0.1) is 25.0 Å². The Balaban J connectivity index is 0.000000196. The summed E-state index contributed by atoms with van der Waals surface area (Å²) in [5.74, 6) is 0.314. The van der Waals surface area contributed by atoms with Gasteiger partial charge in [-0.15, -0.1) is 0 Å². The van der Waals surface area contributed by atoms with E-state index < -0.39 is 0 Å². The number of hydrogen-bond acceptors (Lipinski definition) is 6. The van der Waals surface area contributed by atoms with Crippen molar-refractivity contribution in [2.24, 2.45) is 23.7 Å². The van der Waals surface area contributed by atoms with Crippen molar-refractivity contribution in [2.75, 3.05) is 13.2 Å². The van der Waals surface area contributed by atoms with Gasteiger partial charge in [0.15, 0.2) is 0 Å². The quantitative estimate of drug-likeness (QED) is 0.128. The summed E-state index contributed by atoms with van der Waals surface area (Å²) in [6, 6.07) is 43.0. The molecule has 0 N–H and O–H groups in total. The molecule has 6 nitrogen and oxygen atoms in total. The SMILES string of the molecule is CCOC(=O)C1CC(=O)CC1C.CCOC(=O)C1CC(N(Cc2ccccc2)Cc2ccccc2)CC1C.c1ccc(CCCc2ccccc2)cc1. The van der Waals surface area contributed by atoms with E-state index in [1.165, 1.54) is 41.5 Å². The molecule has 2 aliphatic rings. The van der Waals surface area contributed by atoms with E-state index in [-0.39, 0.29) is 35.5 Å². The lowest BCUT2D eigenvalue weighted by molar-refractivity contribution is -0.150. The second-order valence-electron chi connectivity index (χ2n) is 14.4. The average molecular weight is 718 g/mol. The first-order valence-corrected chi connectivity index (χ1v) is 19.5. The molecule has 0 saturated heterocycles. The van der Waals surface area contributed by atoms with Crippen molar-refractivity contribution in [1.29, 1.82) is 0 Å². The number of carbonyl (C=O) groups excluding carboxylic acids is 3. The van der Waals surface area contributed by atoms with Crippen molar-refractivity contribution in [3.63, 3.8) is 0 Å². The van der Waals surface area contributed by atoms with E-state index >= 15 is 0 Å². The van der Waals surface area contributed by atoms with E-state index in [2.05, 4.69) is 133 Å². The monoisotopic (exact) mass is 717 g/mol. The third-order valence-corrected chi connectivity index (χ3v) is 10.3. The average Bonchev–Trinajstić information content (AvgIpc) is 3.74. The first-order chi connectivity index (χ1) is 25.8. The Morgan fingerprint density at radius 3 is 1.38 bits per heavy atom. The fourth-order valence-corrected chi connectivity index (χ4v) is 7.42. The maximum absolute atomic E-state index is 12.3. The number of benzene rings is 4. The Bertz CT molecular complexity index is 1550. The summed E-state index contributed by atoms with van der Waals surface area (Å²) in [5, 5.41) is 0. The molecule has 0 radical (unpaired) electrons. The van der Waals surface area contributed by atoms with E-state index in [0.29, 0.717) is 38.0 Å². The smallest absolute Gasteiger partial charge is 0.309 e. The molecule has 4 aromatic carbocycles.